The summed E-state index contributed by atoms with van der Waals surface area (Å²) >= 11 is 1.37. The van der Waals surface area contributed by atoms with Crippen LogP contribution in [0.4, 0.5) is 11.6 Å². The van der Waals surface area contributed by atoms with Gasteiger partial charge >= 0.3 is 0 Å². The Morgan fingerprint density at radius 1 is 1.09 bits per heavy atom. The molecule has 2 heterocycles. The molecule has 7 heteroatoms. The van der Waals surface area contributed by atoms with Crippen molar-refractivity contribution in [3.63, 3.8) is 0 Å². The third-order valence-corrected chi connectivity index (χ3v) is 4.42. The Morgan fingerprint density at radius 2 is 1.74 bits per heavy atom. The molecule has 0 aliphatic heterocycles. The minimum Gasteiger partial charge on any atom is -0.347 e. The van der Waals surface area contributed by atoms with Gasteiger partial charge in [-0.15, -0.1) is 11.3 Å². The van der Waals surface area contributed by atoms with E-state index in [9.17, 15) is 4.79 Å². The van der Waals surface area contributed by atoms with E-state index in [1.54, 1.807) is 0 Å². The average molecular weight is 327 g/mol. The summed E-state index contributed by atoms with van der Waals surface area (Å²) < 4.78 is 0.991. The number of para-hydroxylation sites is 1. The van der Waals surface area contributed by atoms with E-state index in [0.29, 0.717) is 16.6 Å². The van der Waals surface area contributed by atoms with Gasteiger partial charge in [0.1, 0.15) is 0 Å². The van der Waals surface area contributed by atoms with Crippen LogP contribution in [0.25, 0.3) is 10.2 Å². The zero-order valence-electron chi connectivity index (χ0n) is 13.4. The molecular weight excluding hydrogens is 310 g/mol. The minimum atomic E-state index is -0.237. The number of carbonyl (C=O) groups is 1. The number of rotatable bonds is 3. The second-order valence-corrected chi connectivity index (χ2v) is 6.44. The second-order valence-electron chi connectivity index (χ2n) is 5.40. The number of hydrogen-bond acceptors (Lipinski definition) is 6. The second kappa shape index (κ2) is 5.92. The van der Waals surface area contributed by atoms with Crippen molar-refractivity contribution in [3.8, 4) is 0 Å². The van der Waals surface area contributed by atoms with Gasteiger partial charge in [-0.3, -0.25) is 4.79 Å². The Kier molecular flexibility index (Phi) is 3.96. The zero-order chi connectivity index (χ0) is 16.6. The number of carbonyl (C=O) groups excluding carboxylic acids is 1. The normalized spacial score (nSPS) is 10.8. The molecule has 3 aromatic rings. The first kappa shape index (κ1) is 15.4. The first-order valence-electron chi connectivity index (χ1n) is 7.15. The number of aryl methyl sites for hydroxylation is 2. The predicted octanol–water partition coefficient (Wildman–Crippen LogP) is 3.02. The Hall–Kier alpha value is -2.54. The lowest BCUT2D eigenvalue weighted by atomic mass is 10.3. The molecule has 0 saturated carbocycles. The number of amides is 1. The summed E-state index contributed by atoms with van der Waals surface area (Å²) in [5.41, 5.74) is 2.93. The maximum absolute atomic E-state index is 12.5. The van der Waals surface area contributed by atoms with Crippen LogP contribution in [0.3, 0.4) is 0 Å². The molecule has 0 fully saturated rings. The van der Waals surface area contributed by atoms with Gasteiger partial charge in [0.25, 0.3) is 5.91 Å². The molecule has 0 spiro atoms. The topological polar surface area (TPSA) is 71.0 Å². The van der Waals surface area contributed by atoms with E-state index in [0.717, 1.165) is 21.6 Å². The van der Waals surface area contributed by atoms with E-state index in [1.807, 2.05) is 57.1 Å². The van der Waals surface area contributed by atoms with Crippen LogP contribution in [0.5, 0.6) is 0 Å². The molecule has 118 valence electrons. The van der Waals surface area contributed by atoms with Gasteiger partial charge in [0, 0.05) is 14.1 Å². The van der Waals surface area contributed by atoms with Crippen molar-refractivity contribution in [1.82, 2.24) is 15.0 Å². The molecule has 23 heavy (non-hydrogen) atoms. The van der Waals surface area contributed by atoms with Gasteiger partial charge in [0.05, 0.1) is 27.3 Å². The van der Waals surface area contributed by atoms with Crippen molar-refractivity contribution in [2.75, 3.05) is 24.3 Å². The lowest BCUT2D eigenvalue weighted by Gasteiger charge is -2.15. The third-order valence-electron chi connectivity index (χ3n) is 3.39. The fourth-order valence-electron chi connectivity index (χ4n) is 2.22. The number of fused-ring (bicyclic) bond motifs is 1. The van der Waals surface area contributed by atoms with Crippen molar-refractivity contribution in [3.05, 3.63) is 40.7 Å². The molecule has 2 aromatic heterocycles. The lowest BCUT2D eigenvalue weighted by Crippen LogP contribution is -2.18. The van der Waals surface area contributed by atoms with E-state index in [2.05, 4.69) is 20.3 Å². The summed E-state index contributed by atoms with van der Waals surface area (Å²) in [5.74, 6) is 0.386. The fraction of sp³-hybridized carbons (Fsp3) is 0.250. The molecule has 0 atom stereocenters. The molecule has 0 aliphatic carbocycles. The maximum Gasteiger partial charge on any atom is 0.284 e. The van der Waals surface area contributed by atoms with Crippen molar-refractivity contribution < 1.29 is 4.79 Å². The van der Waals surface area contributed by atoms with Crippen LogP contribution >= 0.6 is 11.3 Å². The molecular formula is C16H17N5OS. The number of thiazole rings is 1. The van der Waals surface area contributed by atoms with Crippen molar-refractivity contribution in [1.29, 1.82) is 0 Å². The molecule has 0 unspecified atom stereocenters. The van der Waals surface area contributed by atoms with Crippen LogP contribution in [0, 0.1) is 13.8 Å². The third kappa shape index (κ3) is 3.00. The molecule has 3 rings (SSSR count). The smallest absolute Gasteiger partial charge is 0.284 e. The number of nitrogens with zero attached hydrogens (tertiary/aromatic N) is 4. The molecule has 0 bridgehead atoms. The Balaban J connectivity index is 1.90. The van der Waals surface area contributed by atoms with Crippen LogP contribution in [-0.2, 0) is 0 Å². The van der Waals surface area contributed by atoms with Gasteiger partial charge in [-0.25, -0.2) is 15.0 Å². The molecule has 0 radical (unpaired) electrons. The van der Waals surface area contributed by atoms with E-state index in [1.165, 1.54) is 11.3 Å². The monoisotopic (exact) mass is 327 g/mol. The first-order valence-corrected chi connectivity index (χ1v) is 7.97. The number of anilines is 2. The van der Waals surface area contributed by atoms with Crippen LogP contribution < -0.4 is 10.2 Å². The molecule has 0 saturated heterocycles. The summed E-state index contributed by atoms with van der Waals surface area (Å²) in [4.78, 5) is 27.5. The van der Waals surface area contributed by atoms with Crippen molar-refractivity contribution >= 4 is 39.1 Å². The molecule has 6 nitrogen and oxygen atoms in total. The highest BCUT2D eigenvalue weighted by molar-refractivity contribution is 7.20. The highest BCUT2D eigenvalue weighted by atomic mass is 32.1. The molecule has 0 aliphatic rings. The van der Waals surface area contributed by atoms with Gasteiger partial charge in [0.2, 0.25) is 5.95 Å². The molecule has 1 amide bonds. The minimum absolute atomic E-state index is 0.237. The predicted molar refractivity (Wildman–Crippen MR) is 93.4 cm³/mol. The largest absolute Gasteiger partial charge is 0.347 e. The Labute approximate surface area is 138 Å². The number of benzene rings is 1. The summed E-state index contributed by atoms with van der Waals surface area (Å²) in [6.45, 7) is 3.71. The van der Waals surface area contributed by atoms with Gasteiger partial charge in [-0.05, 0) is 26.0 Å². The number of aromatic nitrogens is 3. The van der Waals surface area contributed by atoms with Gasteiger partial charge in [-0.2, -0.15) is 0 Å². The van der Waals surface area contributed by atoms with Crippen LogP contribution in [0.2, 0.25) is 0 Å². The van der Waals surface area contributed by atoms with Gasteiger partial charge in [0.15, 0.2) is 5.01 Å². The number of nitrogens with one attached hydrogen (secondary N) is 1. The van der Waals surface area contributed by atoms with Crippen LogP contribution in [0.15, 0.2) is 24.3 Å². The first-order chi connectivity index (χ1) is 11.0. The van der Waals surface area contributed by atoms with Crippen molar-refractivity contribution in [2.24, 2.45) is 0 Å². The lowest BCUT2D eigenvalue weighted by molar-refractivity contribution is 0.102. The summed E-state index contributed by atoms with van der Waals surface area (Å²) in [7, 11) is 3.77. The molecule has 1 N–H and O–H groups in total. The van der Waals surface area contributed by atoms with Gasteiger partial charge < -0.3 is 10.2 Å². The summed E-state index contributed by atoms with van der Waals surface area (Å²) in [6, 6.07) is 7.69. The van der Waals surface area contributed by atoms with E-state index in [4.69, 9.17) is 0 Å². The van der Waals surface area contributed by atoms with Crippen LogP contribution in [0.1, 0.15) is 21.2 Å². The summed E-state index contributed by atoms with van der Waals surface area (Å²) in [5, 5.41) is 3.32. The van der Waals surface area contributed by atoms with E-state index in [-0.39, 0.29) is 5.91 Å². The van der Waals surface area contributed by atoms with Crippen LogP contribution in [-0.4, -0.2) is 35.0 Å². The highest BCUT2D eigenvalue weighted by Crippen LogP contribution is 2.24. The highest BCUT2D eigenvalue weighted by Gasteiger charge is 2.16. The average Bonchev–Trinajstić information content (AvgIpc) is 2.94. The SMILES string of the molecule is Cc1nc(N(C)C)nc(C)c1NC(=O)c1nc2ccccc2s1. The Bertz CT molecular complexity index is 831. The van der Waals surface area contributed by atoms with E-state index < -0.39 is 0 Å². The molecule has 1 aromatic carbocycles. The fourth-order valence-corrected chi connectivity index (χ4v) is 3.08. The van der Waals surface area contributed by atoms with Crippen molar-refractivity contribution in [2.45, 2.75) is 13.8 Å². The van der Waals surface area contributed by atoms with Gasteiger partial charge in [-0.1, -0.05) is 12.1 Å². The number of hydrogen-bond donors (Lipinski definition) is 1. The Morgan fingerprint density at radius 3 is 2.35 bits per heavy atom. The quantitative estimate of drug-likeness (QED) is 0.800. The van der Waals surface area contributed by atoms with E-state index >= 15 is 0 Å². The maximum atomic E-state index is 12.5. The zero-order valence-corrected chi connectivity index (χ0v) is 14.2. The standard InChI is InChI=1S/C16H17N5OS/c1-9-13(10(2)18-16(17-9)21(3)4)20-14(22)15-19-11-7-5-6-8-12(11)23-15/h5-8H,1-4H3,(H,20,22). The summed E-state index contributed by atoms with van der Waals surface area (Å²) in [6.07, 6.45) is 0.